The van der Waals surface area contributed by atoms with Crippen molar-refractivity contribution < 1.29 is 17.4 Å². The third-order valence-electron chi connectivity index (χ3n) is 4.41. The lowest BCUT2D eigenvalue weighted by Crippen LogP contribution is -2.42. The van der Waals surface area contributed by atoms with E-state index in [0.29, 0.717) is 38.3 Å². The number of piperidine rings is 2. The van der Waals surface area contributed by atoms with Gasteiger partial charge in [0.15, 0.2) is 0 Å². The maximum absolute atomic E-state index is 12.3. The Morgan fingerprint density at radius 2 is 1.67 bits per heavy atom. The minimum Gasteiger partial charge on any atom is -0.342 e. The number of carbonyl (C=O) groups excluding carboxylic acids is 1. The average Bonchev–Trinajstić information content (AvgIpc) is 2.40. The molecule has 0 aromatic carbocycles. The zero-order valence-corrected chi connectivity index (χ0v) is 13.8. The third-order valence-corrected chi connectivity index (χ3v) is 5.03. The Labute approximate surface area is 127 Å². The molecule has 2 heterocycles. The van der Waals surface area contributed by atoms with Crippen molar-refractivity contribution in [2.75, 3.05) is 39.5 Å². The number of carbonyl (C=O) groups is 1. The van der Waals surface area contributed by atoms with Gasteiger partial charge in [0.25, 0.3) is 10.1 Å². The zero-order chi connectivity index (χ0) is 15.5. The van der Waals surface area contributed by atoms with Gasteiger partial charge in [-0.3, -0.25) is 8.98 Å². The fraction of sp³-hybridized carbons (Fsp3) is 0.929. The fourth-order valence-electron chi connectivity index (χ4n) is 3.09. The van der Waals surface area contributed by atoms with Crippen molar-refractivity contribution in [1.82, 2.24) is 9.80 Å². The standard InChI is InChI=1S/C14H26N2O4S/c1-15-7-3-12(4-8-15)11-14(17)16-9-5-13(6-10-16)20-21(2,18)19/h12-13H,3-11H2,1-2H3. The van der Waals surface area contributed by atoms with Crippen molar-refractivity contribution >= 4 is 16.0 Å². The van der Waals surface area contributed by atoms with Crippen molar-refractivity contribution in [3.63, 3.8) is 0 Å². The van der Waals surface area contributed by atoms with Crippen LogP contribution >= 0.6 is 0 Å². The van der Waals surface area contributed by atoms with Gasteiger partial charge in [0.05, 0.1) is 12.4 Å². The van der Waals surface area contributed by atoms with Crippen molar-refractivity contribution in [2.24, 2.45) is 5.92 Å². The van der Waals surface area contributed by atoms with E-state index in [0.717, 1.165) is 32.2 Å². The Balaban J connectivity index is 1.73. The molecule has 0 bridgehead atoms. The van der Waals surface area contributed by atoms with E-state index in [4.69, 9.17) is 4.18 Å². The molecular weight excluding hydrogens is 292 g/mol. The third kappa shape index (κ3) is 5.56. The second-order valence-electron chi connectivity index (χ2n) is 6.33. The highest BCUT2D eigenvalue weighted by Gasteiger charge is 2.27. The first kappa shape index (κ1) is 16.7. The van der Waals surface area contributed by atoms with E-state index in [1.807, 2.05) is 4.90 Å². The van der Waals surface area contributed by atoms with Gasteiger partial charge in [0.2, 0.25) is 5.91 Å². The minimum absolute atomic E-state index is 0.211. The number of hydrogen-bond acceptors (Lipinski definition) is 5. The molecule has 6 nitrogen and oxygen atoms in total. The lowest BCUT2D eigenvalue weighted by Gasteiger charge is -2.34. The molecule has 1 amide bonds. The highest BCUT2D eigenvalue weighted by atomic mass is 32.2. The molecule has 0 atom stereocenters. The maximum atomic E-state index is 12.3. The number of nitrogens with zero attached hydrogens (tertiary/aromatic N) is 2. The van der Waals surface area contributed by atoms with Crippen molar-refractivity contribution in [1.29, 1.82) is 0 Å². The molecule has 0 aromatic rings. The van der Waals surface area contributed by atoms with Gasteiger partial charge in [-0.05, 0) is 51.7 Å². The summed E-state index contributed by atoms with van der Waals surface area (Å²) in [6, 6.07) is 0. The van der Waals surface area contributed by atoms with Crippen LogP contribution in [0.5, 0.6) is 0 Å². The summed E-state index contributed by atoms with van der Waals surface area (Å²) in [5, 5.41) is 0. The number of likely N-dealkylation sites (tertiary alicyclic amines) is 2. The predicted octanol–water partition coefficient (Wildman–Crippen LogP) is 0.686. The SMILES string of the molecule is CN1CCC(CC(=O)N2CCC(OS(C)(=O)=O)CC2)CC1. The highest BCUT2D eigenvalue weighted by Crippen LogP contribution is 2.22. The van der Waals surface area contributed by atoms with E-state index >= 15 is 0 Å². The Bertz CT molecular complexity index is 450. The van der Waals surface area contributed by atoms with Crippen LogP contribution in [0.15, 0.2) is 0 Å². The van der Waals surface area contributed by atoms with Crippen LogP contribution in [-0.4, -0.2) is 69.7 Å². The molecule has 0 radical (unpaired) electrons. The van der Waals surface area contributed by atoms with Gasteiger partial charge in [-0.2, -0.15) is 8.42 Å². The van der Waals surface area contributed by atoms with Gasteiger partial charge in [0, 0.05) is 19.5 Å². The van der Waals surface area contributed by atoms with Gasteiger partial charge in [-0.15, -0.1) is 0 Å². The van der Waals surface area contributed by atoms with E-state index in [1.54, 1.807) is 0 Å². The quantitative estimate of drug-likeness (QED) is 0.713. The fourth-order valence-corrected chi connectivity index (χ4v) is 3.78. The topological polar surface area (TPSA) is 66.9 Å². The number of amides is 1. The lowest BCUT2D eigenvalue weighted by atomic mass is 9.93. The van der Waals surface area contributed by atoms with E-state index in [9.17, 15) is 13.2 Å². The number of hydrogen-bond donors (Lipinski definition) is 0. The van der Waals surface area contributed by atoms with Gasteiger partial charge in [0.1, 0.15) is 0 Å². The van der Waals surface area contributed by atoms with Crippen LogP contribution in [0.3, 0.4) is 0 Å². The Morgan fingerprint density at radius 1 is 1.10 bits per heavy atom. The van der Waals surface area contributed by atoms with Crippen LogP contribution < -0.4 is 0 Å². The Hall–Kier alpha value is -0.660. The minimum atomic E-state index is -3.40. The summed E-state index contributed by atoms with van der Waals surface area (Å²) in [5.41, 5.74) is 0. The molecule has 0 unspecified atom stereocenters. The van der Waals surface area contributed by atoms with Crippen LogP contribution in [0.25, 0.3) is 0 Å². The molecule has 21 heavy (non-hydrogen) atoms. The summed E-state index contributed by atoms with van der Waals surface area (Å²) in [6.07, 6.45) is 4.83. The predicted molar refractivity (Wildman–Crippen MR) is 80.4 cm³/mol. The second kappa shape index (κ2) is 7.07. The van der Waals surface area contributed by atoms with Crippen molar-refractivity contribution in [3.05, 3.63) is 0 Å². The van der Waals surface area contributed by atoms with Gasteiger partial charge < -0.3 is 9.80 Å². The first-order valence-electron chi connectivity index (χ1n) is 7.68. The molecule has 0 aromatic heterocycles. The molecule has 2 aliphatic heterocycles. The first-order chi connectivity index (χ1) is 9.83. The van der Waals surface area contributed by atoms with E-state index < -0.39 is 10.1 Å². The van der Waals surface area contributed by atoms with Crippen molar-refractivity contribution in [3.8, 4) is 0 Å². The molecule has 2 rings (SSSR count). The summed E-state index contributed by atoms with van der Waals surface area (Å²) < 4.78 is 27.2. The molecule has 0 aliphatic carbocycles. The summed E-state index contributed by atoms with van der Waals surface area (Å²) >= 11 is 0. The average molecular weight is 318 g/mol. The summed E-state index contributed by atoms with van der Waals surface area (Å²) in [5.74, 6) is 0.709. The van der Waals surface area contributed by atoms with Crippen LogP contribution in [-0.2, 0) is 19.1 Å². The Morgan fingerprint density at radius 3 is 2.19 bits per heavy atom. The number of rotatable bonds is 4. The van der Waals surface area contributed by atoms with Gasteiger partial charge in [-0.1, -0.05) is 0 Å². The largest absolute Gasteiger partial charge is 0.342 e. The molecule has 122 valence electrons. The molecule has 0 N–H and O–H groups in total. The van der Waals surface area contributed by atoms with Crippen LogP contribution in [0.1, 0.15) is 32.1 Å². The zero-order valence-electron chi connectivity index (χ0n) is 13.0. The maximum Gasteiger partial charge on any atom is 0.264 e. The molecule has 0 spiro atoms. The summed E-state index contributed by atoms with van der Waals surface area (Å²) in [6.45, 7) is 3.35. The first-order valence-corrected chi connectivity index (χ1v) is 9.50. The summed E-state index contributed by atoms with van der Waals surface area (Å²) in [7, 11) is -1.28. The molecule has 2 fully saturated rings. The van der Waals surface area contributed by atoms with Crippen molar-refractivity contribution in [2.45, 2.75) is 38.2 Å². The summed E-state index contributed by atoms with van der Waals surface area (Å²) in [4.78, 5) is 16.5. The van der Waals surface area contributed by atoms with Crippen LogP contribution in [0.2, 0.25) is 0 Å². The second-order valence-corrected chi connectivity index (χ2v) is 7.93. The highest BCUT2D eigenvalue weighted by molar-refractivity contribution is 7.86. The van der Waals surface area contributed by atoms with Gasteiger partial charge >= 0.3 is 0 Å². The molecular formula is C14H26N2O4S. The molecule has 2 saturated heterocycles. The van der Waals surface area contributed by atoms with Gasteiger partial charge in [-0.25, -0.2) is 0 Å². The van der Waals surface area contributed by atoms with E-state index in [2.05, 4.69) is 11.9 Å². The van der Waals surface area contributed by atoms with E-state index in [1.165, 1.54) is 0 Å². The molecule has 0 saturated carbocycles. The van der Waals surface area contributed by atoms with Crippen LogP contribution in [0, 0.1) is 5.92 Å². The Kier molecular flexibility index (Phi) is 5.62. The lowest BCUT2D eigenvalue weighted by molar-refractivity contribution is -0.134. The molecule has 2 aliphatic rings. The smallest absolute Gasteiger partial charge is 0.264 e. The monoisotopic (exact) mass is 318 g/mol. The normalized spacial score (nSPS) is 23.4. The molecule has 7 heteroatoms. The van der Waals surface area contributed by atoms with Crippen LogP contribution in [0.4, 0.5) is 0 Å². The van der Waals surface area contributed by atoms with E-state index in [-0.39, 0.29) is 12.0 Å².